The summed E-state index contributed by atoms with van der Waals surface area (Å²) in [5.74, 6) is 1.56. The molecule has 0 unspecified atom stereocenters. The highest BCUT2D eigenvalue weighted by molar-refractivity contribution is 5.33. The van der Waals surface area contributed by atoms with Crippen molar-refractivity contribution in [2.24, 2.45) is 0 Å². The van der Waals surface area contributed by atoms with E-state index in [2.05, 4.69) is 32.3 Å². The fourth-order valence-corrected chi connectivity index (χ4v) is 1.44. The van der Waals surface area contributed by atoms with Crippen molar-refractivity contribution >= 4 is 6.08 Å². The van der Waals surface area contributed by atoms with E-state index in [1.165, 1.54) is 0 Å². The van der Waals surface area contributed by atoms with Gasteiger partial charge in [-0.1, -0.05) is 33.8 Å². The van der Waals surface area contributed by atoms with Gasteiger partial charge in [0.1, 0.15) is 5.76 Å². The lowest BCUT2D eigenvalue weighted by molar-refractivity contribution is 0.358. The molecule has 1 heterocycles. The Bertz CT molecular complexity index is 286. The fourth-order valence-electron chi connectivity index (χ4n) is 1.44. The second-order valence-corrected chi connectivity index (χ2v) is 3.90. The van der Waals surface area contributed by atoms with Gasteiger partial charge in [-0.15, -0.1) is 0 Å². The fraction of sp³-hybridized carbons (Fsp3) is 0.545. The Morgan fingerprint density at radius 2 is 2.31 bits per heavy atom. The van der Waals surface area contributed by atoms with Gasteiger partial charge in [0, 0.05) is 5.41 Å². The number of rotatable bonds is 4. The lowest BCUT2D eigenvalue weighted by Crippen LogP contribution is -2.15. The Hall–Kier alpha value is -1.05. The van der Waals surface area contributed by atoms with Crippen LogP contribution in [0.2, 0.25) is 0 Å². The second-order valence-electron chi connectivity index (χ2n) is 3.90. The SMILES string of the molecule is C=Cc1ncc(C(C)(C)CCC)o1. The van der Waals surface area contributed by atoms with Gasteiger partial charge < -0.3 is 4.42 Å². The highest BCUT2D eigenvalue weighted by atomic mass is 16.4. The summed E-state index contributed by atoms with van der Waals surface area (Å²) in [5.41, 5.74) is 0.0863. The normalized spacial score (nSPS) is 11.6. The summed E-state index contributed by atoms with van der Waals surface area (Å²) in [7, 11) is 0. The van der Waals surface area contributed by atoms with E-state index in [0.717, 1.165) is 18.6 Å². The van der Waals surface area contributed by atoms with Gasteiger partial charge in [0.2, 0.25) is 5.89 Å². The van der Waals surface area contributed by atoms with Crippen LogP contribution in [-0.2, 0) is 5.41 Å². The van der Waals surface area contributed by atoms with Gasteiger partial charge in [0.25, 0.3) is 0 Å². The molecule has 0 aliphatic heterocycles. The number of hydrogen-bond acceptors (Lipinski definition) is 2. The number of aromatic nitrogens is 1. The molecule has 0 amide bonds. The van der Waals surface area contributed by atoms with E-state index >= 15 is 0 Å². The van der Waals surface area contributed by atoms with Crippen LogP contribution < -0.4 is 0 Å². The molecule has 0 radical (unpaired) electrons. The van der Waals surface area contributed by atoms with Gasteiger partial charge in [-0.2, -0.15) is 0 Å². The summed E-state index contributed by atoms with van der Waals surface area (Å²) in [5, 5.41) is 0. The predicted octanol–water partition coefficient (Wildman–Crippen LogP) is 3.40. The zero-order valence-electron chi connectivity index (χ0n) is 8.63. The van der Waals surface area contributed by atoms with Crippen molar-refractivity contribution in [3.63, 3.8) is 0 Å². The van der Waals surface area contributed by atoms with E-state index in [0.29, 0.717) is 5.89 Å². The van der Waals surface area contributed by atoms with Gasteiger partial charge in [-0.3, -0.25) is 0 Å². The van der Waals surface area contributed by atoms with Crippen molar-refractivity contribution in [3.8, 4) is 0 Å². The summed E-state index contributed by atoms with van der Waals surface area (Å²) in [4.78, 5) is 4.10. The second kappa shape index (κ2) is 3.77. The Morgan fingerprint density at radius 1 is 1.62 bits per heavy atom. The molecule has 2 heteroatoms. The van der Waals surface area contributed by atoms with E-state index in [-0.39, 0.29) is 5.41 Å². The Balaban J connectivity index is 2.86. The van der Waals surface area contributed by atoms with Crippen LogP contribution in [-0.4, -0.2) is 4.98 Å². The van der Waals surface area contributed by atoms with Crippen molar-refractivity contribution in [3.05, 3.63) is 24.4 Å². The third kappa shape index (κ3) is 2.20. The number of nitrogens with zero attached hydrogens (tertiary/aromatic N) is 1. The summed E-state index contributed by atoms with van der Waals surface area (Å²) < 4.78 is 5.52. The molecule has 1 aromatic heterocycles. The Morgan fingerprint density at radius 3 is 2.77 bits per heavy atom. The largest absolute Gasteiger partial charge is 0.441 e. The molecule has 1 aromatic rings. The summed E-state index contributed by atoms with van der Waals surface area (Å²) >= 11 is 0. The van der Waals surface area contributed by atoms with Gasteiger partial charge in [0.05, 0.1) is 6.20 Å². The lowest BCUT2D eigenvalue weighted by Gasteiger charge is -2.19. The van der Waals surface area contributed by atoms with Crippen LogP contribution in [0, 0.1) is 0 Å². The molecular formula is C11H17NO. The molecule has 72 valence electrons. The van der Waals surface area contributed by atoms with Crippen LogP contribution in [0.5, 0.6) is 0 Å². The minimum Gasteiger partial charge on any atom is -0.441 e. The van der Waals surface area contributed by atoms with E-state index in [9.17, 15) is 0 Å². The molecule has 0 N–H and O–H groups in total. The first-order valence-corrected chi connectivity index (χ1v) is 4.69. The van der Waals surface area contributed by atoms with Crippen molar-refractivity contribution < 1.29 is 4.42 Å². The first-order chi connectivity index (χ1) is 6.10. The molecule has 13 heavy (non-hydrogen) atoms. The summed E-state index contributed by atoms with van der Waals surface area (Å²) in [6, 6.07) is 0. The van der Waals surface area contributed by atoms with Crippen LogP contribution in [0.25, 0.3) is 6.08 Å². The predicted molar refractivity (Wildman–Crippen MR) is 54.5 cm³/mol. The molecule has 1 rings (SSSR count). The molecule has 0 aromatic carbocycles. The van der Waals surface area contributed by atoms with Crippen LogP contribution in [0.1, 0.15) is 45.3 Å². The molecule has 0 aliphatic rings. The first-order valence-electron chi connectivity index (χ1n) is 4.69. The molecule has 2 nitrogen and oxygen atoms in total. The number of oxazole rings is 1. The summed E-state index contributed by atoms with van der Waals surface area (Å²) in [6.45, 7) is 10.1. The van der Waals surface area contributed by atoms with E-state index in [4.69, 9.17) is 4.42 Å². The third-order valence-electron chi connectivity index (χ3n) is 2.24. The molecule has 0 bridgehead atoms. The molecule has 0 saturated heterocycles. The van der Waals surface area contributed by atoms with Crippen molar-refractivity contribution in [2.75, 3.05) is 0 Å². The minimum atomic E-state index is 0.0863. The Labute approximate surface area is 79.7 Å². The minimum absolute atomic E-state index is 0.0863. The third-order valence-corrected chi connectivity index (χ3v) is 2.24. The topological polar surface area (TPSA) is 26.0 Å². The quantitative estimate of drug-likeness (QED) is 0.708. The Kier molecular flexibility index (Phi) is 2.91. The maximum Gasteiger partial charge on any atom is 0.218 e. The summed E-state index contributed by atoms with van der Waals surface area (Å²) in [6.07, 6.45) is 5.69. The average molecular weight is 179 g/mol. The highest BCUT2D eigenvalue weighted by Crippen LogP contribution is 2.28. The van der Waals surface area contributed by atoms with Crippen molar-refractivity contribution in [1.82, 2.24) is 4.98 Å². The molecule has 0 spiro atoms. The van der Waals surface area contributed by atoms with Gasteiger partial charge in [-0.05, 0) is 12.5 Å². The van der Waals surface area contributed by atoms with E-state index in [1.807, 2.05) is 0 Å². The first kappa shape index (κ1) is 10.0. The van der Waals surface area contributed by atoms with Crippen molar-refractivity contribution in [2.45, 2.75) is 39.0 Å². The van der Waals surface area contributed by atoms with E-state index < -0.39 is 0 Å². The van der Waals surface area contributed by atoms with Crippen LogP contribution in [0.3, 0.4) is 0 Å². The molecule has 0 aliphatic carbocycles. The smallest absolute Gasteiger partial charge is 0.218 e. The lowest BCUT2D eigenvalue weighted by atomic mass is 9.86. The molecular weight excluding hydrogens is 162 g/mol. The van der Waals surface area contributed by atoms with Crippen molar-refractivity contribution in [1.29, 1.82) is 0 Å². The van der Waals surface area contributed by atoms with Crippen LogP contribution in [0.4, 0.5) is 0 Å². The zero-order valence-corrected chi connectivity index (χ0v) is 8.63. The standard InChI is InChI=1S/C11H17NO/c1-5-7-11(3,4)9-8-12-10(6-2)13-9/h6,8H,2,5,7H2,1,3-4H3. The van der Waals surface area contributed by atoms with Crippen LogP contribution >= 0.6 is 0 Å². The highest BCUT2D eigenvalue weighted by Gasteiger charge is 2.23. The zero-order chi connectivity index (χ0) is 9.90. The monoisotopic (exact) mass is 179 g/mol. The van der Waals surface area contributed by atoms with Gasteiger partial charge in [-0.25, -0.2) is 4.98 Å². The number of hydrogen-bond donors (Lipinski definition) is 0. The van der Waals surface area contributed by atoms with E-state index in [1.54, 1.807) is 12.3 Å². The van der Waals surface area contributed by atoms with Crippen LogP contribution in [0.15, 0.2) is 17.2 Å². The maximum atomic E-state index is 5.52. The maximum absolute atomic E-state index is 5.52. The average Bonchev–Trinajstić information content (AvgIpc) is 2.52. The van der Waals surface area contributed by atoms with Gasteiger partial charge >= 0.3 is 0 Å². The van der Waals surface area contributed by atoms with Gasteiger partial charge in [0.15, 0.2) is 0 Å². The molecule has 0 fully saturated rings. The molecule has 0 saturated carbocycles. The molecule has 0 atom stereocenters.